The molecule has 0 saturated carbocycles. The third kappa shape index (κ3) is 2.32. The standard InChI is InChI=1S/C16H14ClN3O/c1-3-10-9(2)19-15(20-16(10)21)12-6-7-13(17)11-5-4-8-18-14(11)12/h4-8H,3H2,1-2H3,(H,19,20,21). The minimum Gasteiger partial charge on any atom is -0.306 e. The molecule has 2 aromatic heterocycles. The third-order valence-electron chi connectivity index (χ3n) is 3.55. The Morgan fingerprint density at radius 2 is 2.10 bits per heavy atom. The minimum atomic E-state index is -0.0981. The van der Waals surface area contributed by atoms with Crippen molar-refractivity contribution in [1.82, 2.24) is 15.0 Å². The zero-order chi connectivity index (χ0) is 15.0. The topological polar surface area (TPSA) is 58.6 Å². The smallest absolute Gasteiger partial charge is 0.254 e. The molecule has 0 amide bonds. The fourth-order valence-corrected chi connectivity index (χ4v) is 2.70. The average Bonchev–Trinajstić information content (AvgIpc) is 2.47. The van der Waals surface area contributed by atoms with Gasteiger partial charge in [0.1, 0.15) is 5.82 Å². The largest absolute Gasteiger partial charge is 0.306 e. The van der Waals surface area contributed by atoms with Crippen LogP contribution >= 0.6 is 11.6 Å². The van der Waals surface area contributed by atoms with Gasteiger partial charge >= 0.3 is 0 Å². The van der Waals surface area contributed by atoms with Gasteiger partial charge < -0.3 is 4.98 Å². The van der Waals surface area contributed by atoms with E-state index in [-0.39, 0.29) is 5.56 Å². The number of nitrogens with one attached hydrogen (secondary N) is 1. The maximum Gasteiger partial charge on any atom is 0.254 e. The molecule has 0 spiro atoms. The summed E-state index contributed by atoms with van der Waals surface area (Å²) in [5.41, 5.74) is 2.87. The first-order chi connectivity index (χ1) is 10.1. The van der Waals surface area contributed by atoms with Crippen LogP contribution < -0.4 is 5.56 Å². The number of pyridine rings is 1. The Kier molecular flexibility index (Phi) is 3.47. The lowest BCUT2D eigenvalue weighted by molar-refractivity contribution is 0.968. The summed E-state index contributed by atoms with van der Waals surface area (Å²) < 4.78 is 0. The molecule has 3 rings (SSSR count). The van der Waals surface area contributed by atoms with E-state index in [4.69, 9.17) is 11.6 Å². The fraction of sp³-hybridized carbons (Fsp3) is 0.188. The van der Waals surface area contributed by atoms with Crippen LogP contribution in [-0.4, -0.2) is 15.0 Å². The normalized spacial score (nSPS) is 11.0. The molecule has 4 nitrogen and oxygen atoms in total. The maximum atomic E-state index is 12.1. The van der Waals surface area contributed by atoms with Gasteiger partial charge in [-0.1, -0.05) is 18.5 Å². The molecule has 1 aromatic carbocycles. The Hall–Kier alpha value is -2.20. The summed E-state index contributed by atoms with van der Waals surface area (Å²) >= 11 is 6.19. The van der Waals surface area contributed by atoms with Crippen molar-refractivity contribution in [3.63, 3.8) is 0 Å². The van der Waals surface area contributed by atoms with Crippen LogP contribution in [0.2, 0.25) is 5.02 Å². The summed E-state index contributed by atoms with van der Waals surface area (Å²) in [4.78, 5) is 23.9. The van der Waals surface area contributed by atoms with Crippen LogP contribution in [0.1, 0.15) is 18.2 Å². The first-order valence-corrected chi connectivity index (χ1v) is 7.13. The second-order valence-corrected chi connectivity index (χ2v) is 5.23. The number of H-pyrrole nitrogens is 1. The van der Waals surface area contributed by atoms with E-state index in [9.17, 15) is 4.79 Å². The van der Waals surface area contributed by atoms with Crippen molar-refractivity contribution in [2.75, 3.05) is 0 Å². The summed E-state index contributed by atoms with van der Waals surface area (Å²) in [6, 6.07) is 7.37. The number of hydrogen-bond donors (Lipinski definition) is 1. The Balaban J connectivity index is 2.32. The molecule has 106 valence electrons. The Morgan fingerprint density at radius 3 is 2.81 bits per heavy atom. The van der Waals surface area contributed by atoms with Crippen molar-refractivity contribution in [3.05, 3.63) is 57.1 Å². The van der Waals surface area contributed by atoms with Crippen molar-refractivity contribution in [2.24, 2.45) is 0 Å². The van der Waals surface area contributed by atoms with Gasteiger partial charge in [0.05, 0.1) is 10.5 Å². The van der Waals surface area contributed by atoms with Crippen LogP contribution in [0.3, 0.4) is 0 Å². The molecular weight excluding hydrogens is 286 g/mol. The molecule has 5 heteroatoms. The van der Waals surface area contributed by atoms with Crippen LogP contribution in [0, 0.1) is 6.92 Å². The molecule has 0 fully saturated rings. The number of aromatic amines is 1. The van der Waals surface area contributed by atoms with Crippen molar-refractivity contribution >= 4 is 22.5 Å². The quantitative estimate of drug-likeness (QED) is 0.788. The first kappa shape index (κ1) is 13.8. The van der Waals surface area contributed by atoms with Gasteiger partial charge in [0.15, 0.2) is 0 Å². The summed E-state index contributed by atoms with van der Waals surface area (Å²) in [6.07, 6.45) is 2.36. The predicted octanol–water partition coefficient (Wildman–Crippen LogP) is 3.51. The zero-order valence-corrected chi connectivity index (χ0v) is 12.5. The number of halogens is 1. The van der Waals surface area contributed by atoms with Gasteiger partial charge in [-0.05, 0) is 37.6 Å². The lowest BCUT2D eigenvalue weighted by atomic mass is 10.1. The highest BCUT2D eigenvalue weighted by Gasteiger charge is 2.12. The number of fused-ring (bicyclic) bond motifs is 1. The van der Waals surface area contributed by atoms with Crippen LogP contribution in [0.15, 0.2) is 35.3 Å². The van der Waals surface area contributed by atoms with E-state index in [1.807, 2.05) is 32.0 Å². The first-order valence-electron chi connectivity index (χ1n) is 6.75. The van der Waals surface area contributed by atoms with Crippen molar-refractivity contribution in [1.29, 1.82) is 0 Å². The molecule has 0 bridgehead atoms. The van der Waals surface area contributed by atoms with Gasteiger partial charge in [0.2, 0.25) is 0 Å². The molecule has 0 atom stereocenters. The van der Waals surface area contributed by atoms with E-state index < -0.39 is 0 Å². The van der Waals surface area contributed by atoms with E-state index in [2.05, 4.69) is 15.0 Å². The van der Waals surface area contributed by atoms with Crippen LogP contribution in [-0.2, 0) is 6.42 Å². The second-order valence-electron chi connectivity index (χ2n) is 4.83. The maximum absolute atomic E-state index is 12.1. The lowest BCUT2D eigenvalue weighted by Gasteiger charge is -2.09. The molecule has 0 saturated heterocycles. The highest BCUT2D eigenvalue weighted by molar-refractivity contribution is 6.35. The van der Waals surface area contributed by atoms with Crippen molar-refractivity contribution in [2.45, 2.75) is 20.3 Å². The van der Waals surface area contributed by atoms with E-state index in [0.717, 1.165) is 22.2 Å². The predicted molar refractivity (Wildman–Crippen MR) is 84.7 cm³/mol. The number of benzene rings is 1. The highest BCUT2D eigenvalue weighted by atomic mass is 35.5. The SMILES string of the molecule is CCc1c(C)nc(-c2ccc(Cl)c3cccnc23)[nH]c1=O. The minimum absolute atomic E-state index is 0.0981. The summed E-state index contributed by atoms with van der Waals surface area (Å²) in [5, 5.41) is 1.47. The van der Waals surface area contributed by atoms with E-state index in [1.165, 1.54) is 0 Å². The van der Waals surface area contributed by atoms with Gasteiger partial charge in [-0.15, -0.1) is 0 Å². The molecule has 0 aliphatic heterocycles. The van der Waals surface area contributed by atoms with Gasteiger partial charge in [-0.2, -0.15) is 0 Å². The third-order valence-corrected chi connectivity index (χ3v) is 3.88. The molecular formula is C16H14ClN3O. The number of hydrogen-bond acceptors (Lipinski definition) is 3. The molecule has 2 heterocycles. The molecule has 0 aliphatic rings. The molecule has 0 unspecified atom stereocenters. The van der Waals surface area contributed by atoms with Crippen LogP contribution in [0.25, 0.3) is 22.3 Å². The Bertz CT molecular complexity index is 886. The van der Waals surface area contributed by atoms with Crippen molar-refractivity contribution < 1.29 is 0 Å². The molecule has 0 aliphatic carbocycles. The monoisotopic (exact) mass is 299 g/mol. The van der Waals surface area contributed by atoms with Gasteiger partial charge in [-0.25, -0.2) is 4.98 Å². The highest BCUT2D eigenvalue weighted by Crippen LogP contribution is 2.29. The number of aromatic nitrogens is 3. The number of aryl methyl sites for hydroxylation is 1. The van der Waals surface area contributed by atoms with Crippen LogP contribution in [0.4, 0.5) is 0 Å². The summed E-state index contributed by atoms with van der Waals surface area (Å²) in [5.74, 6) is 0.523. The number of rotatable bonds is 2. The van der Waals surface area contributed by atoms with Crippen molar-refractivity contribution in [3.8, 4) is 11.4 Å². The van der Waals surface area contributed by atoms with Gasteiger partial charge in [-0.3, -0.25) is 9.78 Å². The zero-order valence-electron chi connectivity index (χ0n) is 11.8. The van der Waals surface area contributed by atoms with Gasteiger partial charge in [0.25, 0.3) is 5.56 Å². The van der Waals surface area contributed by atoms with E-state index >= 15 is 0 Å². The fourth-order valence-electron chi connectivity index (χ4n) is 2.48. The second kappa shape index (κ2) is 5.30. The van der Waals surface area contributed by atoms with Crippen LogP contribution in [0.5, 0.6) is 0 Å². The molecule has 21 heavy (non-hydrogen) atoms. The molecule has 1 N–H and O–H groups in total. The lowest BCUT2D eigenvalue weighted by Crippen LogP contribution is -2.16. The van der Waals surface area contributed by atoms with E-state index in [1.54, 1.807) is 12.3 Å². The average molecular weight is 300 g/mol. The Labute approximate surface area is 126 Å². The van der Waals surface area contributed by atoms with Gasteiger partial charge in [0, 0.05) is 28.4 Å². The molecule has 0 radical (unpaired) electrons. The summed E-state index contributed by atoms with van der Waals surface area (Å²) in [7, 11) is 0. The molecule has 3 aromatic rings. The summed E-state index contributed by atoms with van der Waals surface area (Å²) in [6.45, 7) is 3.79. The number of nitrogens with zero attached hydrogens (tertiary/aromatic N) is 2. The Morgan fingerprint density at radius 1 is 1.29 bits per heavy atom. The van der Waals surface area contributed by atoms with E-state index in [0.29, 0.717) is 22.8 Å².